The van der Waals surface area contributed by atoms with Gasteiger partial charge in [-0.05, 0) is 23.3 Å². The minimum atomic E-state index is -2.34. The molecule has 2 amide bonds. The lowest BCUT2D eigenvalue weighted by atomic mass is 9.86. The number of carboxylic acids is 1. The largest absolute Gasteiger partial charge is 0.477 e. The molecule has 244 valence electrons. The third-order valence-corrected chi connectivity index (χ3v) is 8.11. The van der Waals surface area contributed by atoms with Crippen molar-refractivity contribution in [3.05, 3.63) is 70.7 Å². The number of nitrogens with zero attached hydrogens (tertiary/aromatic N) is 1. The maximum absolute atomic E-state index is 13.0. The highest BCUT2D eigenvalue weighted by molar-refractivity contribution is 6.30. The molecule has 2 aromatic rings. The lowest BCUT2D eigenvalue weighted by Gasteiger charge is -2.51. The predicted molar refractivity (Wildman–Crippen MR) is 163 cm³/mol. The van der Waals surface area contributed by atoms with E-state index in [1.54, 1.807) is 54.6 Å². The van der Waals surface area contributed by atoms with Crippen molar-refractivity contribution < 1.29 is 53.1 Å². The average molecular weight is 648 g/mol. The summed E-state index contributed by atoms with van der Waals surface area (Å²) in [6.45, 7) is -1.46. The van der Waals surface area contributed by atoms with E-state index in [1.807, 2.05) is 0 Å². The standard InChI is InChI=1S/C32H39ClN2O10/c1-5-15-43-24-17-32(31(40)41,44-20-22-9-7-6-8-10-22)45-30(28(24)35(2,3)27(38)19-36)29(39)25(42-4)18-34-26(37)16-21-11-13-23(33)14-12-21/h1,6-14,24-25,28-30,36,39H,15-20H2,2-4H3,(H-,34,37,40,41)/p+1/t24-,25+,28+,29+,30+,32+/m0/s1. The van der Waals surface area contributed by atoms with Crippen molar-refractivity contribution in [2.75, 3.05) is 41.0 Å². The lowest BCUT2D eigenvalue weighted by Crippen LogP contribution is -2.73. The van der Waals surface area contributed by atoms with Gasteiger partial charge in [-0.2, -0.15) is 0 Å². The molecule has 1 heterocycles. The number of halogens is 1. The number of nitrogens with one attached hydrogen (secondary N) is 1. The van der Waals surface area contributed by atoms with Gasteiger partial charge in [0.05, 0.1) is 27.1 Å². The Kier molecular flexibility index (Phi) is 13.0. The number of ether oxygens (including phenoxy) is 4. The lowest BCUT2D eigenvalue weighted by molar-refractivity contribution is -0.854. The highest BCUT2D eigenvalue weighted by atomic mass is 35.5. The fraction of sp³-hybridized carbons (Fsp3) is 0.469. The van der Waals surface area contributed by atoms with Gasteiger partial charge in [-0.3, -0.25) is 9.28 Å². The first-order valence-corrected chi connectivity index (χ1v) is 14.6. The molecule has 45 heavy (non-hydrogen) atoms. The molecule has 1 aliphatic heterocycles. The number of carbonyl (C=O) groups is 3. The highest BCUT2D eigenvalue weighted by Gasteiger charge is 2.62. The molecule has 0 aliphatic carbocycles. The summed E-state index contributed by atoms with van der Waals surface area (Å²) in [5.41, 5.74) is 1.37. The molecule has 2 aromatic carbocycles. The Labute approximate surface area is 267 Å². The summed E-state index contributed by atoms with van der Waals surface area (Å²) < 4.78 is 23.0. The first kappa shape index (κ1) is 36.1. The molecule has 12 nitrogen and oxygen atoms in total. The Morgan fingerprint density at radius 3 is 2.40 bits per heavy atom. The second-order valence-corrected chi connectivity index (χ2v) is 11.6. The van der Waals surface area contributed by atoms with E-state index >= 15 is 0 Å². The quantitative estimate of drug-likeness (QED) is 0.163. The van der Waals surface area contributed by atoms with Crippen LogP contribution < -0.4 is 5.32 Å². The van der Waals surface area contributed by atoms with Gasteiger partial charge in [0.15, 0.2) is 12.6 Å². The maximum Gasteiger partial charge on any atom is 0.364 e. The van der Waals surface area contributed by atoms with Gasteiger partial charge in [0.2, 0.25) is 5.91 Å². The van der Waals surface area contributed by atoms with Crippen molar-refractivity contribution in [1.82, 2.24) is 5.32 Å². The average Bonchev–Trinajstić information content (AvgIpc) is 3.03. The van der Waals surface area contributed by atoms with E-state index in [2.05, 4.69) is 11.2 Å². The van der Waals surface area contributed by atoms with E-state index in [0.717, 1.165) is 0 Å². The van der Waals surface area contributed by atoms with Crippen LogP contribution in [0.15, 0.2) is 54.6 Å². The Morgan fingerprint density at radius 1 is 1.16 bits per heavy atom. The van der Waals surface area contributed by atoms with Crippen LogP contribution in [0.4, 0.5) is 0 Å². The first-order chi connectivity index (χ1) is 21.4. The van der Waals surface area contributed by atoms with Crippen LogP contribution in [0.2, 0.25) is 5.02 Å². The molecule has 0 saturated carbocycles. The molecule has 4 N–H and O–H groups in total. The Morgan fingerprint density at radius 2 is 1.82 bits per heavy atom. The van der Waals surface area contributed by atoms with Crippen LogP contribution in [0.25, 0.3) is 0 Å². The number of carboxylic acid groups (broad SMARTS) is 1. The summed E-state index contributed by atoms with van der Waals surface area (Å²) in [6.07, 6.45) is -0.276. The zero-order valence-corrected chi connectivity index (χ0v) is 26.2. The number of carbonyl (C=O) groups excluding carboxylic acids is 2. The Bertz CT molecular complexity index is 1330. The molecule has 13 heteroatoms. The SMILES string of the molecule is C#CCO[C@H]1C[C@](OCc2ccccc2)(C(=O)O)O[C@@H]([C@H](O)[C@@H](CNC(=O)Cc2ccc(Cl)cc2)OC)[C@@H]1[N+](C)(C)C(=O)CO. The monoisotopic (exact) mass is 647 g/mol. The van der Waals surface area contributed by atoms with Crippen molar-refractivity contribution in [3.63, 3.8) is 0 Å². The van der Waals surface area contributed by atoms with Gasteiger partial charge in [0.25, 0.3) is 5.79 Å². The summed E-state index contributed by atoms with van der Waals surface area (Å²) in [4.78, 5) is 38.6. The third-order valence-electron chi connectivity index (χ3n) is 7.86. The molecular weight excluding hydrogens is 608 g/mol. The van der Waals surface area contributed by atoms with E-state index in [4.69, 9.17) is 37.0 Å². The van der Waals surface area contributed by atoms with Crippen LogP contribution in [-0.2, 0) is 46.4 Å². The fourth-order valence-corrected chi connectivity index (χ4v) is 5.46. The zero-order valence-electron chi connectivity index (χ0n) is 25.4. The van der Waals surface area contributed by atoms with Gasteiger partial charge < -0.3 is 39.6 Å². The normalized spacial score (nSPS) is 23.0. The van der Waals surface area contributed by atoms with Crippen molar-refractivity contribution in [1.29, 1.82) is 0 Å². The molecule has 0 spiro atoms. The number of amides is 2. The molecule has 0 bridgehead atoms. The molecule has 0 radical (unpaired) electrons. The number of hydrogen-bond acceptors (Lipinski definition) is 9. The second-order valence-electron chi connectivity index (χ2n) is 11.1. The van der Waals surface area contributed by atoms with Crippen LogP contribution in [0, 0.1) is 12.3 Å². The van der Waals surface area contributed by atoms with Gasteiger partial charge in [0, 0.05) is 25.1 Å². The van der Waals surface area contributed by atoms with E-state index < -0.39 is 65.6 Å². The van der Waals surface area contributed by atoms with Crippen LogP contribution in [-0.4, -0.2) is 115 Å². The molecule has 3 rings (SSSR count). The van der Waals surface area contributed by atoms with E-state index in [9.17, 15) is 29.7 Å². The number of aliphatic hydroxyl groups excluding tert-OH is 2. The van der Waals surface area contributed by atoms with Crippen LogP contribution >= 0.6 is 11.6 Å². The van der Waals surface area contributed by atoms with Crippen molar-refractivity contribution in [3.8, 4) is 12.3 Å². The van der Waals surface area contributed by atoms with Gasteiger partial charge in [-0.1, -0.05) is 60.0 Å². The molecule has 0 aromatic heterocycles. The number of methoxy groups -OCH3 is 1. The number of rotatable bonds is 15. The highest BCUT2D eigenvalue weighted by Crippen LogP contribution is 2.39. The van der Waals surface area contributed by atoms with Gasteiger partial charge >= 0.3 is 11.9 Å². The fourth-order valence-electron chi connectivity index (χ4n) is 5.34. The van der Waals surface area contributed by atoms with Crippen LogP contribution in [0.1, 0.15) is 17.5 Å². The van der Waals surface area contributed by atoms with Gasteiger partial charge in [-0.25, -0.2) is 9.59 Å². The molecular formula is C32H40ClN2O10+. The number of quaternary nitrogens is 1. The van der Waals surface area contributed by atoms with E-state index in [1.165, 1.54) is 21.2 Å². The minimum absolute atomic E-state index is 0.0264. The smallest absolute Gasteiger partial charge is 0.364 e. The topological polar surface area (TPSA) is 161 Å². The summed E-state index contributed by atoms with van der Waals surface area (Å²) >= 11 is 5.92. The summed E-state index contributed by atoms with van der Waals surface area (Å²) in [5, 5.41) is 35.2. The molecule has 1 aliphatic rings. The number of aliphatic hydroxyl groups is 2. The second kappa shape index (κ2) is 16.3. The molecule has 0 unspecified atom stereocenters. The summed E-state index contributed by atoms with van der Waals surface area (Å²) in [5.74, 6) is -2.52. The van der Waals surface area contributed by atoms with Gasteiger partial charge in [-0.15, -0.1) is 6.42 Å². The Balaban J connectivity index is 1.96. The van der Waals surface area contributed by atoms with Crippen molar-refractivity contribution >= 4 is 29.4 Å². The van der Waals surface area contributed by atoms with Crippen LogP contribution in [0.3, 0.4) is 0 Å². The van der Waals surface area contributed by atoms with Crippen molar-refractivity contribution in [2.45, 2.75) is 55.7 Å². The minimum Gasteiger partial charge on any atom is -0.477 e. The van der Waals surface area contributed by atoms with Gasteiger partial charge in [0.1, 0.15) is 31.0 Å². The van der Waals surface area contributed by atoms with E-state index in [-0.39, 0.29) is 32.1 Å². The third kappa shape index (κ3) is 9.09. The number of benzene rings is 2. The summed E-state index contributed by atoms with van der Waals surface area (Å²) in [7, 11) is 4.26. The number of hydrogen-bond donors (Lipinski definition) is 4. The molecule has 6 atom stereocenters. The first-order valence-electron chi connectivity index (χ1n) is 14.2. The molecule has 1 saturated heterocycles. The number of aliphatic carboxylic acids is 1. The summed E-state index contributed by atoms with van der Waals surface area (Å²) in [6, 6.07) is 14.5. The zero-order chi connectivity index (χ0) is 33.2. The number of terminal acetylenes is 1. The number of likely N-dealkylation sites (N-methyl/N-ethyl adjacent to an activating group) is 1. The predicted octanol–water partition coefficient (Wildman–Crippen LogP) is 1.14. The van der Waals surface area contributed by atoms with Crippen LogP contribution in [0.5, 0.6) is 0 Å². The van der Waals surface area contributed by atoms with Crippen molar-refractivity contribution in [2.24, 2.45) is 0 Å². The molecule has 1 fully saturated rings. The Hall–Kier alpha value is -3.38. The van der Waals surface area contributed by atoms with E-state index in [0.29, 0.717) is 16.1 Å². The maximum atomic E-state index is 13.0.